The van der Waals surface area contributed by atoms with Crippen molar-refractivity contribution in [3.8, 4) is 0 Å². The van der Waals surface area contributed by atoms with Crippen molar-refractivity contribution >= 4 is 6.29 Å². The minimum Gasteiger partial charge on any atom is -0.316 e. The van der Waals surface area contributed by atoms with Gasteiger partial charge < -0.3 is 10.5 Å². The first-order chi connectivity index (χ1) is 5.18. The molecule has 0 amide bonds. The minimum absolute atomic E-state index is 0.140. The lowest BCUT2D eigenvalue weighted by molar-refractivity contribution is -0.107. The molecule has 0 aliphatic heterocycles. The molecule has 0 aromatic carbocycles. The summed E-state index contributed by atoms with van der Waals surface area (Å²) in [4.78, 5) is 11.9. The molecule has 0 saturated heterocycles. The van der Waals surface area contributed by atoms with E-state index in [1.54, 1.807) is 0 Å². The standard InChI is InChI=1S/C8H18N2O/c1-10(2)8(9)6-4-3-5-7-11/h7-8H,3-6,9H2,1-2H3. The summed E-state index contributed by atoms with van der Waals surface area (Å²) in [6.07, 6.45) is 4.74. The van der Waals surface area contributed by atoms with Gasteiger partial charge in [0.2, 0.25) is 0 Å². The molecule has 66 valence electrons. The van der Waals surface area contributed by atoms with Gasteiger partial charge in [-0.15, -0.1) is 0 Å². The molecule has 0 heterocycles. The number of aldehydes is 1. The van der Waals surface area contributed by atoms with Crippen LogP contribution in [0.4, 0.5) is 0 Å². The lowest BCUT2D eigenvalue weighted by Gasteiger charge is -2.18. The van der Waals surface area contributed by atoms with E-state index in [1.807, 2.05) is 19.0 Å². The zero-order valence-electron chi connectivity index (χ0n) is 7.42. The number of rotatable bonds is 6. The Labute approximate surface area is 68.6 Å². The Balaban J connectivity index is 3.17. The Morgan fingerprint density at radius 2 is 2.09 bits per heavy atom. The van der Waals surface area contributed by atoms with E-state index in [-0.39, 0.29) is 6.17 Å². The van der Waals surface area contributed by atoms with Crippen LogP contribution in [0, 0.1) is 0 Å². The van der Waals surface area contributed by atoms with Crippen LogP contribution in [0.2, 0.25) is 0 Å². The fourth-order valence-corrected chi connectivity index (χ4v) is 0.839. The summed E-state index contributed by atoms with van der Waals surface area (Å²) in [6.45, 7) is 0. The first-order valence-electron chi connectivity index (χ1n) is 4.04. The van der Waals surface area contributed by atoms with E-state index < -0.39 is 0 Å². The van der Waals surface area contributed by atoms with Crippen molar-refractivity contribution in [3.05, 3.63) is 0 Å². The molecule has 1 atom stereocenters. The Morgan fingerprint density at radius 1 is 1.45 bits per heavy atom. The van der Waals surface area contributed by atoms with E-state index >= 15 is 0 Å². The van der Waals surface area contributed by atoms with Crippen LogP contribution in [-0.4, -0.2) is 31.4 Å². The Morgan fingerprint density at radius 3 is 2.55 bits per heavy atom. The van der Waals surface area contributed by atoms with E-state index in [2.05, 4.69) is 0 Å². The Hall–Kier alpha value is -0.410. The quantitative estimate of drug-likeness (QED) is 0.349. The third-order valence-corrected chi connectivity index (χ3v) is 1.74. The third-order valence-electron chi connectivity index (χ3n) is 1.74. The molecular formula is C8H18N2O. The second kappa shape index (κ2) is 6.31. The smallest absolute Gasteiger partial charge is 0.119 e. The summed E-state index contributed by atoms with van der Waals surface area (Å²) in [7, 11) is 3.93. The normalized spacial score (nSPS) is 13.5. The minimum atomic E-state index is 0.140. The lowest BCUT2D eigenvalue weighted by atomic mass is 10.2. The third kappa shape index (κ3) is 6.01. The molecule has 0 spiro atoms. The summed E-state index contributed by atoms with van der Waals surface area (Å²) >= 11 is 0. The maximum atomic E-state index is 9.94. The first-order valence-corrected chi connectivity index (χ1v) is 4.04. The molecule has 0 radical (unpaired) electrons. The summed E-state index contributed by atoms with van der Waals surface area (Å²) in [6, 6.07) is 0. The number of unbranched alkanes of at least 4 members (excludes halogenated alkanes) is 2. The van der Waals surface area contributed by atoms with Gasteiger partial charge in [-0.25, -0.2) is 0 Å². The topological polar surface area (TPSA) is 46.3 Å². The number of nitrogens with two attached hydrogens (primary N) is 1. The van der Waals surface area contributed by atoms with Gasteiger partial charge >= 0.3 is 0 Å². The monoisotopic (exact) mass is 158 g/mol. The molecule has 11 heavy (non-hydrogen) atoms. The SMILES string of the molecule is CN(C)C(N)CCCCC=O. The average Bonchev–Trinajstić information content (AvgIpc) is 1.97. The van der Waals surface area contributed by atoms with Gasteiger partial charge in [-0.2, -0.15) is 0 Å². The molecule has 3 nitrogen and oxygen atoms in total. The maximum Gasteiger partial charge on any atom is 0.119 e. The van der Waals surface area contributed by atoms with Gasteiger partial charge in [-0.3, -0.25) is 4.90 Å². The van der Waals surface area contributed by atoms with Crippen LogP contribution in [-0.2, 0) is 4.79 Å². The highest BCUT2D eigenvalue weighted by Crippen LogP contribution is 2.01. The zero-order chi connectivity index (χ0) is 8.69. The van der Waals surface area contributed by atoms with E-state index in [1.165, 1.54) is 0 Å². The Bertz CT molecular complexity index is 104. The highest BCUT2D eigenvalue weighted by atomic mass is 16.1. The van der Waals surface area contributed by atoms with Crippen molar-refractivity contribution in [1.29, 1.82) is 0 Å². The van der Waals surface area contributed by atoms with Gasteiger partial charge in [0.25, 0.3) is 0 Å². The van der Waals surface area contributed by atoms with Gasteiger partial charge in [-0.05, 0) is 26.9 Å². The van der Waals surface area contributed by atoms with Crippen LogP contribution in [0.5, 0.6) is 0 Å². The molecular weight excluding hydrogens is 140 g/mol. The summed E-state index contributed by atoms with van der Waals surface area (Å²) in [5.41, 5.74) is 5.74. The maximum absolute atomic E-state index is 9.94. The first kappa shape index (κ1) is 10.6. The molecule has 0 fully saturated rings. The van der Waals surface area contributed by atoms with Crippen LogP contribution in [0.25, 0.3) is 0 Å². The van der Waals surface area contributed by atoms with Crippen LogP contribution >= 0.6 is 0 Å². The molecule has 0 rings (SSSR count). The molecule has 3 heteroatoms. The molecule has 0 aromatic rings. The van der Waals surface area contributed by atoms with Gasteiger partial charge in [0.15, 0.2) is 0 Å². The largest absolute Gasteiger partial charge is 0.316 e. The van der Waals surface area contributed by atoms with E-state index in [9.17, 15) is 4.79 Å². The molecule has 0 aromatic heterocycles. The lowest BCUT2D eigenvalue weighted by Crippen LogP contribution is -2.35. The predicted molar refractivity (Wildman–Crippen MR) is 46.2 cm³/mol. The van der Waals surface area contributed by atoms with Crippen LogP contribution < -0.4 is 5.73 Å². The van der Waals surface area contributed by atoms with Crippen LogP contribution in [0.15, 0.2) is 0 Å². The zero-order valence-corrected chi connectivity index (χ0v) is 7.42. The Kier molecular flexibility index (Phi) is 6.07. The highest BCUT2D eigenvalue weighted by Gasteiger charge is 2.02. The van der Waals surface area contributed by atoms with Crippen molar-refractivity contribution in [3.63, 3.8) is 0 Å². The molecule has 0 saturated carbocycles. The van der Waals surface area contributed by atoms with Gasteiger partial charge in [-0.1, -0.05) is 6.42 Å². The number of carbonyl (C=O) groups excluding carboxylic acids is 1. The predicted octanol–water partition coefficient (Wildman–Crippen LogP) is 0.592. The molecule has 0 aliphatic rings. The van der Waals surface area contributed by atoms with Crippen molar-refractivity contribution in [2.24, 2.45) is 5.73 Å². The van der Waals surface area contributed by atoms with Crippen molar-refractivity contribution < 1.29 is 4.79 Å². The van der Waals surface area contributed by atoms with Gasteiger partial charge in [0.05, 0.1) is 6.17 Å². The number of hydrogen-bond donors (Lipinski definition) is 1. The van der Waals surface area contributed by atoms with E-state index in [0.717, 1.165) is 25.5 Å². The molecule has 0 bridgehead atoms. The van der Waals surface area contributed by atoms with Gasteiger partial charge in [0.1, 0.15) is 6.29 Å². The second-order valence-electron chi connectivity index (χ2n) is 2.98. The van der Waals surface area contributed by atoms with Crippen LogP contribution in [0.1, 0.15) is 25.7 Å². The summed E-state index contributed by atoms with van der Waals surface area (Å²) < 4.78 is 0. The van der Waals surface area contributed by atoms with Crippen molar-refractivity contribution in [2.75, 3.05) is 14.1 Å². The number of hydrogen-bond acceptors (Lipinski definition) is 3. The number of nitrogens with zero attached hydrogens (tertiary/aromatic N) is 1. The van der Waals surface area contributed by atoms with Crippen LogP contribution in [0.3, 0.4) is 0 Å². The van der Waals surface area contributed by atoms with E-state index in [0.29, 0.717) is 6.42 Å². The number of carbonyl (C=O) groups is 1. The molecule has 2 N–H and O–H groups in total. The fraction of sp³-hybridized carbons (Fsp3) is 0.875. The van der Waals surface area contributed by atoms with Crippen molar-refractivity contribution in [2.45, 2.75) is 31.8 Å². The highest BCUT2D eigenvalue weighted by molar-refractivity contribution is 5.48. The second-order valence-corrected chi connectivity index (χ2v) is 2.98. The van der Waals surface area contributed by atoms with Crippen molar-refractivity contribution in [1.82, 2.24) is 4.90 Å². The van der Waals surface area contributed by atoms with Gasteiger partial charge in [0, 0.05) is 6.42 Å². The van der Waals surface area contributed by atoms with E-state index in [4.69, 9.17) is 5.73 Å². The summed E-state index contributed by atoms with van der Waals surface area (Å²) in [5, 5.41) is 0. The molecule has 1 unspecified atom stereocenters. The fourth-order valence-electron chi connectivity index (χ4n) is 0.839. The average molecular weight is 158 g/mol. The molecule has 0 aliphatic carbocycles. The summed E-state index contributed by atoms with van der Waals surface area (Å²) in [5.74, 6) is 0.